The van der Waals surface area contributed by atoms with Gasteiger partial charge in [0.1, 0.15) is 5.69 Å². The van der Waals surface area contributed by atoms with Crippen molar-refractivity contribution in [3.8, 4) is 0 Å². The second kappa shape index (κ2) is 6.96. The molecule has 0 spiro atoms. The van der Waals surface area contributed by atoms with E-state index in [0.29, 0.717) is 12.2 Å². The van der Waals surface area contributed by atoms with Gasteiger partial charge in [0.25, 0.3) is 5.91 Å². The van der Waals surface area contributed by atoms with E-state index in [-0.39, 0.29) is 5.91 Å². The molecule has 0 aliphatic carbocycles. The fourth-order valence-corrected chi connectivity index (χ4v) is 1.48. The summed E-state index contributed by atoms with van der Waals surface area (Å²) >= 11 is 0. The Morgan fingerprint density at radius 3 is 2.50 bits per heavy atom. The van der Waals surface area contributed by atoms with Crippen molar-refractivity contribution in [3.63, 3.8) is 0 Å². The number of amides is 1. The van der Waals surface area contributed by atoms with Crippen LogP contribution in [0.1, 0.15) is 17.4 Å². The van der Waals surface area contributed by atoms with Crippen LogP contribution in [0.5, 0.6) is 0 Å². The maximum atomic E-state index is 12.1. The lowest BCUT2D eigenvalue weighted by Crippen LogP contribution is -2.33. The van der Waals surface area contributed by atoms with Gasteiger partial charge in [-0.3, -0.25) is 4.79 Å². The topological polar surface area (TPSA) is 48.5 Å². The minimum absolute atomic E-state index is 0.0418. The van der Waals surface area contributed by atoms with E-state index in [1.165, 1.54) is 0 Å². The van der Waals surface area contributed by atoms with Crippen molar-refractivity contribution in [2.24, 2.45) is 0 Å². The lowest BCUT2D eigenvalue weighted by atomic mass is 10.3. The zero-order valence-corrected chi connectivity index (χ0v) is 11.6. The lowest BCUT2D eigenvalue weighted by molar-refractivity contribution is 0.0780. The average molecular weight is 250 g/mol. The van der Waals surface area contributed by atoms with Crippen LogP contribution in [0.3, 0.4) is 0 Å². The summed E-state index contributed by atoms with van der Waals surface area (Å²) in [6.45, 7) is 4.41. The number of likely N-dealkylation sites (N-methyl/N-ethyl adjacent to an activating group) is 2. The van der Waals surface area contributed by atoms with Crippen LogP contribution in [0.25, 0.3) is 0 Å². The molecule has 1 aromatic rings. The zero-order valence-electron chi connectivity index (χ0n) is 11.6. The van der Waals surface area contributed by atoms with Crippen LogP contribution in [0.15, 0.2) is 18.3 Å². The number of nitrogens with zero attached hydrogens (tertiary/aromatic N) is 3. The maximum absolute atomic E-state index is 12.1. The van der Waals surface area contributed by atoms with Crippen LogP contribution in [0.4, 0.5) is 5.69 Å². The van der Waals surface area contributed by atoms with Gasteiger partial charge in [0.2, 0.25) is 0 Å². The first-order chi connectivity index (χ1) is 8.54. The largest absolute Gasteiger partial charge is 0.384 e. The number of hydrogen-bond donors (Lipinski definition) is 1. The van der Waals surface area contributed by atoms with Crippen molar-refractivity contribution in [1.82, 2.24) is 14.8 Å². The second-order valence-electron chi connectivity index (χ2n) is 4.49. The van der Waals surface area contributed by atoms with Gasteiger partial charge in [-0.2, -0.15) is 0 Å². The molecule has 0 aromatic carbocycles. The van der Waals surface area contributed by atoms with Gasteiger partial charge in [0.15, 0.2) is 0 Å². The Balaban J connectivity index is 2.60. The Hall–Kier alpha value is -1.62. The number of pyridine rings is 1. The van der Waals surface area contributed by atoms with Crippen LogP contribution in [-0.2, 0) is 0 Å². The molecule has 100 valence electrons. The molecule has 0 atom stereocenters. The van der Waals surface area contributed by atoms with E-state index < -0.39 is 0 Å². The predicted molar refractivity (Wildman–Crippen MR) is 73.9 cm³/mol. The maximum Gasteiger partial charge on any atom is 0.272 e. The third kappa shape index (κ3) is 4.33. The Kier molecular flexibility index (Phi) is 5.58. The highest BCUT2D eigenvalue weighted by molar-refractivity contribution is 5.92. The van der Waals surface area contributed by atoms with Crippen molar-refractivity contribution in [1.29, 1.82) is 0 Å². The summed E-state index contributed by atoms with van der Waals surface area (Å²) in [5.74, 6) is -0.0418. The van der Waals surface area contributed by atoms with Crippen molar-refractivity contribution in [3.05, 3.63) is 24.0 Å². The van der Waals surface area contributed by atoms with E-state index in [9.17, 15) is 4.79 Å². The summed E-state index contributed by atoms with van der Waals surface area (Å²) in [6, 6.07) is 3.63. The number of nitrogens with one attached hydrogen (secondary N) is 1. The summed E-state index contributed by atoms with van der Waals surface area (Å²) < 4.78 is 0. The quantitative estimate of drug-likeness (QED) is 0.822. The Morgan fingerprint density at radius 2 is 2.00 bits per heavy atom. The highest BCUT2D eigenvalue weighted by Crippen LogP contribution is 2.07. The molecule has 0 aliphatic rings. The molecular weight excluding hydrogens is 228 g/mol. The molecule has 1 amide bonds. The summed E-state index contributed by atoms with van der Waals surface area (Å²) in [5, 5.41) is 3.15. The van der Waals surface area contributed by atoms with E-state index in [4.69, 9.17) is 0 Å². The van der Waals surface area contributed by atoms with Gasteiger partial charge in [-0.15, -0.1) is 0 Å². The van der Waals surface area contributed by atoms with Crippen molar-refractivity contribution in [2.45, 2.75) is 6.92 Å². The molecule has 0 saturated carbocycles. The molecule has 1 heterocycles. The number of hydrogen-bond acceptors (Lipinski definition) is 4. The third-order valence-corrected chi connectivity index (χ3v) is 2.59. The fraction of sp³-hybridized carbons (Fsp3) is 0.538. The van der Waals surface area contributed by atoms with Crippen LogP contribution >= 0.6 is 0 Å². The molecule has 0 bridgehead atoms. The molecule has 0 radical (unpaired) electrons. The van der Waals surface area contributed by atoms with Gasteiger partial charge in [-0.1, -0.05) is 0 Å². The molecular formula is C13H22N4O. The summed E-state index contributed by atoms with van der Waals surface area (Å²) in [4.78, 5) is 20.0. The van der Waals surface area contributed by atoms with E-state index in [1.807, 2.05) is 32.0 Å². The highest BCUT2D eigenvalue weighted by Gasteiger charge is 2.12. The Labute approximate surface area is 109 Å². The number of rotatable bonds is 6. The summed E-state index contributed by atoms with van der Waals surface area (Å²) in [5.41, 5.74) is 1.42. The predicted octanol–water partition coefficient (Wildman–Crippen LogP) is 1.15. The highest BCUT2D eigenvalue weighted by atomic mass is 16.2. The number of carbonyl (C=O) groups excluding carboxylic acids is 1. The van der Waals surface area contributed by atoms with Gasteiger partial charge >= 0.3 is 0 Å². The first kappa shape index (κ1) is 14.4. The first-order valence-electron chi connectivity index (χ1n) is 6.14. The van der Waals surface area contributed by atoms with Gasteiger partial charge in [0.05, 0.1) is 11.9 Å². The number of aromatic nitrogens is 1. The molecule has 1 rings (SSSR count). The molecule has 18 heavy (non-hydrogen) atoms. The standard InChI is InChI=1S/C13H22N4O/c1-5-14-11-6-7-12(15-10-11)13(18)17(4)9-8-16(2)3/h6-7,10,14H,5,8-9H2,1-4H3. The van der Waals surface area contributed by atoms with Crippen LogP contribution in [0.2, 0.25) is 0 Å². The van der Waals surface area contributed by atoms with Crippen LogP contribution in [0, 0.1) is 0 Å². The Bertz CT molecular complexity index is 375. The van der Waals surface area contributed by atoms with Gasteiger partial charge in [0, 0.05) is 26.7 Å². The minimum Gasteiger partial charge on any atom is -0.384 e. The van der Waals surface area contributed by atoms with E-state index in [0.717, 1.165) is 18.8 Å². The molecule has 5 heteroatoms. The normalized spacial score (nSPS) is 10.5. The monoisotopic (exact) mass is 250 g/mol. The molecule has 1 aromatic heterocycles. The van der Waals surface area contributed by atoms with Gasteiger partial charge < -0.3 is 15.1 Å². The van der Waals surface area contributed by atoms with Crippen molar-refractivity contribution in [2.75, 3.05) is 46.1 Å². The lowest BCUT2D eigenvalue weighted by Gasteiger charge is -2.19. The van der Waals surface area contributed by atoms with E-state index >= 15 is 0 Å². The molecule has 0 aliphatic heterocycles. The van der Waals surface area contributed by atoms with Crippen LogP contribution < -0.4 is 5.32 Å². The SMILES string of the molecule is CCNc1ccc(C(=O)N(C)CCN(C)C)nc1. The number of anilines is 1. The first-order valence-corrected chi connectivity index (χ1v) is 6.14. The van der Waals surface area contributed by atoms with E-state index in [2.05, 4.69) is 10.3 Å². The smallest absolute Gasteiger partial charge is 0.272 e. The van der Waals surface area contributed by atoms with Gasteiger partial charge in [-0.25, -0.2) is 4.98 Å². The fourth-order valence-electron chi connectivity index (χ4n) is 1.48. The summed E-state index contributed by atoms with van der Waals surface area (Å²) in [6.07, 6.45) is 1.69. The van der Waals surface area contributed by atoms with Crippen molar-refractivity contribution >= 4 is 11.6 Å². The van der Waals surface area contributed by atoms with Gasteiger partial charge in [-0.05, 0) is 33.2 Å². The third-order valence-electron chi connectivity index (χ3n) is 2.59. The molecule has 5 nitrogen and oxygen atoms in total. The molecule has 0 saturated heterocycles. The number of carbonyl (C=O) groups is 1. The summed E-state index contributed by atoms with van der Waals surface area (Å²) in [7, 11) is 5.77. The molecule has 1 N–H and O–H groups in total. The van der Waals surface area contributed by atoms with Crippen LogP contribution in [-0.4, -0.2) is 61.5 Å². The minimum atomic E-state index is -0.0418. The molecule has 0 fully saturated rings. The molecule has 0 unspecified atom stereocenters. The zero-order chi connectivity index (χ0) is 13.5. The van der Waals surface area contributed by atoms with E-state index in [1.54, 1.807) is 24.2 Å². The van der Waals surface area contributed by atoms with Crippen molar-refractivity contribution < 1.29 is 4.79 Å². The Morgan fingerprint density at radius 1 is 1.28 bits per heavy atom. The average Bonchev–Trinajstić information content (AvgIpc) is 2.36. The second-order valence-corrected chi connectivity index (χ2v) is 4.49.